The highest BCUT2D eigenvalue weighted by Crippen LogP contribution is 2.29. The van der Waals surface area contributed by atoms with Gasteiger partial charge in [0.15, 0.2) is 9.84 Å². The molecular formula is C13H19FN2O2S2. The maximum Gasteiger partial charge on any atom is 0.171 e. The highest BCUT2D eigenvalue weighted by atomic mass is 32.2. The van der Waals surface area contributed by atoms with Gasteiger partial charge in [-0.3, -0.25) is 0 Å². The lowest BCUT2D eigenvalue weighted by Crippen LogP contribution is -2.48. The van der Waals surface area contributed by atoms with Crippen molar-refractivity contribution in [3.05, 3.63) is 29.6 Å². The quantitative estimate of drug-likeness (QED) is 0.913. The molecule has 2 N–H and O–H groups in total. The minimum Gasteiger partial charge on any atom is -0.351 e. The molecule has 0 radical (unpaired) electrons. The minimum absolute atomic E-state index is 0.0667. The number of hydrogen-bond acceptors (Lipinski definition) is 5. The van der Waals surface area contributed by atoms with Crippen LogP contribution >= 0.6 is 11.8 Å². The summed E-state index contributed by atoms with van der Waals surface area (Å²) in [5.41, 5.74) is 6.54. The third kappa shape index (κ3) is 3.10. The van der Waals surface area contributed by atoms with Crippen molar-refractivity contribution in [2.75, 3.05) is 28.7 Å². The van der Waals surface area contributed by atoms with Gasteiger partial charge in [-0.1, -0.05) is 13.0 Å². The van der Waals surface area contributed by atoms with Crippen molar-refractivity contribution in [3.8, 4) is 0 Å². The van der Waals surface area contributed by atoms with Crippen molar-refractivity contribution in [1.29, 1.82) is 0 Å². The lowest BCUT2D eigenvalue weighted by molar-refractivity contribution is 0.574. The number of hydrogen-bond donors (Lipinski definition) is 1. The van der Waals surface area contributed by atoms with Gasteiger partial charge in [0.2, 0.25) is 0 Å². The van der Waals surface area contributed by atoms with Crippen molar-refractivity contribution in [1.82, 2.24) is 0 Å². The molecule has 2 rings (SSSR count). The molecule has 1 aromatic carbocycles. The summed E-state index contributed by atoms with van der Waals surface area (Å²) in [5, 5.41) is -0.649. The van der Waals surface area contributed by atoms with E-state index in [0.717, 1.165) is 5.75 Å². The normalized spacial score (nSPS) is 20.1. The van der Waals surface area contributed by atoms with E-state index >= 15 is 0 Å². The molecule has 112 valence electrons. The zero-order valence-electron chi connectivity index (χ0n) is 11.4. The second kappa shape index (κ2) is 6.32. The molecule has 0 saturated carbocycles. The SMILES string of the molecule is CCS(=O)(=O)C1CSCCN1c1ccc(CN)cc1F. The van der Waals surface area contributed by atoms with Crippen molar-refractivity contribution < 1.29 is 12.8 Å². The summed E-state index contributed by atoms with van der Waals surface area (Å²) in [5.74, 6) is 0.940. The Kier molecular flexibility index (Phi) is 4.93. The van der Waals surface area contributed by atoms with Gasteiger partial charge in [-0.2, -0.15) is 11.8 Å². The highest BCUT2D eigenvalue weighted by Gasteiger charge is 2.34. The van der Waals surface area contributed by atoms with Crippen LogP contribution < -0.4 is 10.6 Å². The summed E-state index contributed by atoms with van der Waals surface area (Å²) >= 11 is 1.59. The molecule has 4 nitrogen and oxygen atoms in total. The summed E-state index contributed by atoms with van der Waals surface area (Å²) in [6, 6.07) is 4.76. The molecule has 1 aliphatic rings. The monoisotopic (exact) mass is 318 g/mol. The van der Waals surface area contributed by atoms with E-state index in [-0.39, 0.29) is 12.3 Å². The Balaban J connectivity index is 2.38. The number of anilines is 1. The number of sulfone groups is 1. The number of nitrogens with zero attached hydrogens (tertiary/aromatic N) is 1. The summed E-state index contributed by atoms with van der Waals surface area (Å²) in [4.78, 5) is 1.67. The van der Waals surface area contributed by atoms with Gasteiger partial charge in [-0.15, -0.1) is 0 Å². The van der Waals surface area contributed by atoms with Gasteiger partial charge in [-0.05, 0) is 17.7 Å². The molecule has 7 heteroatoms. The van der Waals surface area contributed by atoms with E-state index < -0.39 is 21.0 Å². The van der Waals surface area contributed by atoms with Gasteiger partial charge in [0, 0.05) is 30.3 Å². The molecule has 0 spiro atoms. The van der Waals surface area contributed by atoms with Gasteiger partial charge in [-0.25, -0.2) is 12.8 Å². The fourth-order valence-corrected chi connectivity index (χ4v) is 5.24. The van der Waals surface area contributed by atoms with Crippen LogP contribution in [0, 0.1) is 5.82 Å². The molecule has 0 bridgehead atoms. The minimum atomic E-state index is -3.24. The maximum absolute atomic E-state index is 14.2. The molecule has 1 unspecified atom stereocenters. The average Bonchev–Trinajstić information content (AvgIpc) is 2.47. The predicted octanol–water partition coefficient (Wildman–Crippen LogP) is 1.60. The zero-order valence-corrected chi connectivity index (χ0v) is 13.0. The number of halogens is 1. The van der Waals surface area contributed by atoms with Crippen LogP contribution in [0.5, 0.6) is 0 Å². The molecular weight excluding hydrogens is 299 g/mol. The Hall–Kier alpha value is -0.790. The molecule has 1 atom stereocenters. The molecule has 1 heterocycles. The largest absolute Gasteiger partial charge is 0.351 e. The number of nitrogens with two attached hydrogens (primary N) is 1. The summed E-state index contributed by atoms with van der Waals surface area (Å²) in [7, 11) is -3.24. The van der Waals surface area contributed by atoms with Crippen LogP contribution in [-0.4, -0.2) is 37.6 Å². The zero-order chi connectivity index (χ0) is 14.8. The van der Waals surface area contributed by atoms with Crippen LogP contribution in [0.3, 0.4) is 0 Å². The van der Waals surface area contributed by atoms with E-state index in [1.165, 1.54) is 6.07 Å². The van der Waals surface area contributed by atoms with Crippen LogP contribution in [-0.2, 0) is 16.4 Å². The molecule has 1 saturated heterocycles. The number of thioether (sulfide) groups is 1. The van der Waals surface area contributed by atoms with Crippen molar-refractivity contribution >= 4 is 27.3 Å². The van der Waals surface area contributed by atoms with Crippen LogP contribution in [0.1, 0.15) is 12.5 Å². The first kappa shape index (κ1) is 15.6. The molecule has 0 aromatic heterocycles. The van der Waals surface area contributed by atoms with E-state index in [0.29, 0.717) is 23.5 Å². The van der Waals surface area contributed by atoms with Gasteiger partial charge >= 0.3 is 0 Å². The van der Waals surface area contributed by atoms with Gasteiger partial charge in [0.1, 0.15) is 11.2 Å². The lowest BCUT2D eigenvalue weighted by Gasteiger charge is -2.36. The summed E-state index contributed by atoms with van der Waals surface area (Å²) in [6.45, 7) is 2.43. The smallest absolute Gasteiger partial charge is 0.171 e. The lowest BCUT2D eigenvalue weighted by atomic mass is 10.2. The van der Waals surface area contributed by atoms with Crippen LogP contribution in [0.2, 0.25) is 0 Å². The van der Waals surface area contributed by atoms with Crippen LogP contribution in [0.4, 0.5) is 10.1 Å². The van der Waals surface area contributed by atoms with E-state index in [2.05, 4.69) is 0 Å². The van der Waals surface area contributed by atoms with E-state index in [1.807, 2.05) is 0 Å². The fourth-order valence-electron chi connectivity index (χ4n) is 2.26. The van der Waals surface area contributed by atoms with Gasteiger partial charge in [0.25, 0.3) is 0 Å². The molecule has 0 aliphatic carbocycles. The third-order valence-electron chi connectivity index (χ3n) is 3.46. The average molecular weight is 318 g/mol. The first-order valence-corrected chi connectivity index (χ1v) is 9.41. The Morgan fingerprint density at radius 1 is 1.50 bits per heavy atom. The highest BCUT2D eigenvalue weighted by molar-refractivity contribution is 8.01. The molecule has 20 heavy (non-hydrogen) atoms. The molecule has 0 amide bonds. The fraction of sp³-hybridized carbons (Fsp3) is 0.538. The second-order valence-electron chi connectivity index (χ2n) is 4.66. The Morgan fingerprint density at radius 3 is 2.85 bits per heavy atom. The number of rotatable bonds is 4. The van der Waals surface area contributed by atoms with E-state index in [9.17, 15) is 12.8 Å². The Labute approximate surface area is 123 Å². The number of benzene rings is 1. The first-order valence-electron chi connectivity index (χ1n) is 6.54. The Bertz CT molecular complexity index is 578. The molecule has 1 aliphatic heterocycles. The van der Waals surface area contributed by atoms with Gasteiger partial charge < -0.3 is 10.6 Å². The van der Waals surface area contributed by atoms with Crippen LogP contribution in [0.15, 0.2) is 18.2 Å². The third-order valence-corrected chi connectivity index (χ3v) is 6.75. The van der Waals surface area contributed by atoms with E-state index in [4.69, 9.17) is 5.73 Å². The molecule has 1 aromatic rings. The second-order valence-corrected chi connectivity index (χ2v) is 8.26. The van der Waals surface area contributed by atoms with Crippen molar-refractivity contribution in [2.45, 2.75) is 18.8 Å². The van der Waals surface area contributed by atoms with Crippen molar-refractivity contribution in [2.24, 2.45) is 5.73 Å². The van der Waals surface area contributed by atoms with Crippen LogP contribution in [0.25, 0.3) is 0 Å². The predicted molar refractivity (Wildman–Crippen MR) is 82.2 cm³/mol. The summed E-state index contributed by atoms with van der Waals surface area (Å²) < 4.78 is 38.5. The van der Waals surface area contributed by atoms with E-state index in [1.54, 1.807) is 35.7 Å². The standard InChI is InChI=1S/C13H19FN2O2S2/c1-2-20(17,18)13-9-19-6-5-16(13)12-4-3-10(8-15)7-11(12)14/h3-4,7,13H,2,5-6,8-9,15H2,1H3. The van der Waals surface area contributed by atoms with Gasteiger partial charge in [0.05, 0.1) is 5.69 Å². The first-order chi connectivity index (χ1) is 9.49. The summed E-state index contributed by atoms with van der Waals surface area (Å²) in [6.07, 6.45) is 0. The topological polar surface area (TPSA) is 63.4 Å². The van der Waals surface area contributed by atoms with Crippen molar-refractivity contribution in [3.63, 3.8) is 0 Å². The maximum atomic E-state index is 14.2. The molecule has 1 fully saturated rings. The Morgan fingerprint density at radius 2 is 2.25 bits per heavy atom.